The van der Waals surface area contributed by atoms with Crippen molar-refractivity contribution in [2.24, 2.45) is 5.84 Å². The first-order valence-corrected chi connectivity index (χ1v) is 7.35. The Morgan fingerprint density at radius 2 is 1.61 bits per heavy atom. The van der Waals surface area contributed by atoms with Gasteiger partial charge in [-0.1, -0.05) is 49.4 Å². The van der Waals surface area contributed by atoms with E-state index in [1.54, 1.807) is 0 Å². The summed E-state index contributed by atoms with van der Waals surface area (Å²) in [5.74, 6) is 5.96. The number of hydrazine groups is 1. The van der Waals surface area contributed by atoms with Crippen molar-refractivity contribution in [2.75, 3.05) is 5.43 Å². The molecule has 0 atom stereocenters. The summed E-state index contributed by atoms with van der Waals surface area (Å²) >= 11 is 0. The number of anilines is 1. The van der Waals surface area contributed by atoms with Crippen molar-refractivity contribution < 1.29 is 0 Å². The molecule has 0 radical (unpaired) electrons. The summed E-state index contributed by atoms with van der Waals surface area (Å²) in [6.07, 6.45) is 0.612. The lowest BCUT2D eigenvalue weighted by molar-refractivity contribution is 0.770. The molecule has 23 heavy (non-hydrogen) atoms. The smallest absolute Gasteiger partial charge is 0.292 e. The molecule has 1 heterocycles. The van der Waals surface area contributed by atoms with Crippen molar-refractivity contribution in [3.63, 3.8) is 0 Å². The second-order valence-electron chi connectivity index (χ2n) is 4.99. The highest BCUT2D eigenvalue weighted by Crippen LogP contribution is 2.29. The average molecular weight is 307 g/mol. The summed E-state index contributed by atoms with van der Waals surface area (Å²) in [6.45, 7) is 1.92. The van der Waals surface area contributed by atoms with Crippen LogP contribution in [0.25, 0.3) is 16.8 Å². The van der Waals surface area contributed by atoms with Crippen LogP contribution in [0.3, 0.4) is 0 Å². The second kappa shape index (κ2) is 6.41. The number of hydrogen-bond acceptors (Lipinski definition) is 5. The van der Waals surface area contributed by atoms with Crippen molar-refractivity contribution >= 4 is 5.95 Å². The van der Waals surface area contributed by atoms with E-state index in [4.69, 9.17) is 5.84 Å². The van der Waals surface area contributed by atoms with E-state index in [-0.39, 0.29) is 5.95 Å². The molecule has 0 fully saturated rings. The molecule has 0 unspecified atom stereocenters. The van der Waals surface area contributed by atoms with E-state index < -0.39 is 5.69 Å². The van der Waals surface area contributed by atoms with Gasteiger partial charge in [-0.25, -0.2) is 15.2 Å². The van der Waals surface area contributed by atoms with Crippen molar-refractivity contribution in [3.05, 3.63) is 70.9 Å². The zero-order chi connectivity index (χ0) is 16.2. The van der Waals surface area contributed by atoms with Gasteiger partial charge in [-0.2, -0.15) is 9.97 Å². The zero-order valence-corrected chi connectivity index (χ0v) is 12.7. The molecule has 0 aliphatic heterocycles. The number of benzene rings is 2. The third-order valence-electron chi connectivity index (χ3n) is 3.56. The molecule has 3 N–H and O–H groups in total. The minimum atomic E-state index is -0.393. The lowest BCUT2D eigenvalue weighted by atomic mass is 9.95. The quantitative estimate of drug-likeness (QED) is 0.447. The fraction of sp³-hybridized carbons (Fsp3) is 0.118. The Labute approximate surface area is 133 Å². The van der Waals surface area contributed by atoms with Gasteiger partial charge in [-0.3, -0.25) is 5.43 Å². The molecular weight excluding hydrogens is 290 g/mol. The Balaban J connectivity index is 0.000000213. The van der Waals surface area contributed by atoms with Crippen LogP contribution < -0.4 is 17.0 Å². The fourth-order valence-electron chi connectivity index (χ4n) is 2.25. The average Bonchev–Trinajstić information content (AvgIpc) is 2.58. The Bertz CT molecular complexity index is 835. The Morgan fingerprint density at radius 3 is 2.04 bits per heavy atom. The first-order valence-electron chi connectivity index (χ1n) is 7.35. The molecule has 2 aliphatic rings. The first kappa shape index (κ1) is 14.9. The number of hydrogen-bond donors (Lipinski definition) is 2. The monoisotopic (exact) mass is 307 g/mol. The first-order chi connectivity index (χ1) is 11.2. The van der Waals surface area contributed by atoms with Crippen molar-refractivity contribution in [2.45, 2.75) is 13.3 Å². The SMILES string of the molecule is CCc1nc(NN)nc(=O)n1-c1ccccc1.c1cc2ccc1-2. The number of aryl methyl sites for hydroxylation is 1. The number of nitrogens with two attached hydrogens (primary N) is 1. The molecule has 0 spiro atoms. The summed E-state index contributed by atoms with van der Waals surface area (Å²) in [7, 11) is 0. The van der Waals surface area contributed by atoms with Gasteiger partial charge in [-0.05, 0) is 23.3 Å². The molecular formula is C17H17N5O. The number of nitrogens with zero attached hydrogens (tertiary/aromatic N) is 3. The van der Waals surface area contributed by atoms with Gasteiger partial charge in [0, 0.05) is 6.42 Å². The van der Waals surface area contributed by atoms with Crippen LogP contribution in [0.1, 0.15) is 12.7 Å². The molecule has 6 nitrogen and oxygen atoms in total. The van der Waals surface area contributed by atoms with E-state index in [0.29, 0.717) is 12.2 Å². The number of nitrogen functional groups attached to an aromatic ring is 1. The van der Waals surface area contributed by atoms with E-state index in [9.17, 15) is 4.79 Å². The highest BCUT2D eigenvalue weighted by Gasteiger charge is 2.09. The van der Waals surface area contributed by atoms with Crippen LogP contribution in [0.4, 0.5) is 5.95 Å². The standard InChI is InChI=1S/C11H13N5O.C6H4/c1-2-9-13-10(15-12)14-11(17)16(9)8-6-4-3-5-7-8;1-2-6-4-3-5(1)6/h3-7H,2,12H2,1H3,(H,14,15,17);1-4H. The molecule has 116 valence electrons. The minimum Gasteiger partial charge on any atom is -0.292 e. The van der Waals surface area contributed by atoms with E-state index in [2.05, 4.69) is 39.7 Å². The topological polar surface area (TPSA) is 85.8 Å². The van der Waals surface area contributed by atoms with Crippen LogP contribution in [0, 0.1) is 0 Å². The molecule has 0 saturated heterocycles. The van der Waals surface area contributed by atoms with Gasteiger partial charge in [0.05, 0.1) is 5.69 Å². The van der Waals surface area contributed by atoms with E-state index in [1.165, 1.54) is 15.7 Å². The predicted octanol–water partition coefficient (Wildman–Crippen LogP) is 2.14. The van der Waals surface area contributed by atoms with Gasteiger partial charge in [0.1, 0.15) is 5.82 Å². The zero-order valence-electron chi connectivity index (χ0n) is 12.7. The Hall–Kier alpha value is -2.99. The lowest BCUT2D eigenvalue weighted by Crippen LogP contribution is -2.28. The number of rotatable bonds is 3. The molecule has 4 rings (SSSR count). The van der Waals surface area contributed by atoms with Gasteiger partial charge in [0.25, 0.3) is 0 Å². The Kier molecular flexibility index (Phi) is 4.16. The number of para-hydroxylation sites is 1. The molecule has 1 aromatic heterocycles. The number of nitrogens with one attached hydrogen (secondary N) is 1. The molecule has 1 aromatic carbocycles. The minimum absolute atomic E-state index is 0.138. The molecule has 0 amide bonds. The van der Waals surface area contributed by atoms with Crippen molar-refractivity contribution in [1.82, 2.24) is 14.5 Å². The van der Waals surface area contributed by atoms with Gasteiger partial charge in [0.2, 0.25) is 5.95 Å². The number of aromatic nitrogens is 3. The van der Waals surface area contributed by atoms with Crippen LogP contribution in [0.2, 0.25) is 0 Å². The van der Waals surface area contributed by atoms with Crippen LogP contribution in [-0.2, 0) is 6.42 Å². The van der Waals surface area contributed by atoms with Crippen LogP contribution in [0.5, 0.6) is 0 Å². The maximum absolute atomic E-state index is 11.9. The van der Waals surface area contributed by atoms with Crippen molar-refractivity contribution in [3.8, 4) is 16.8 Å². The third kappa shape index (κ3) is 2.97. The lowest BCUT2D eigenvalue weighted by Gasteiger charge is -2.10. The maximum Gasteiger partial charge on any atom is 0.356 e. The highest BCUT2D eigenvalue weighted by molar-refractivity contribution is 5.75. The molecule has 2 aliphatic carbocycles. The normalized spacial score (nSPS) is 10.5. The molecule has 0 bridgehead atoms. The second-order valence-corrected chi connectivity index (χ2v) is 4.99. The van der Waals surface area contributed by atoms with Crippen molar-refractivity contribution in [1.29, 1.82) is 0 Å². The summed E-state index contributed by atoms with van der Waals surface area (Å²) in [5, 5.41) is 0. The molecule has 2 aromatic rings. The van der Waals surface area contributed by atoms with Gasteiger partial charge in [0.15, 0.2) is 0 Å². The maximum atomic E-state index is 11.9. The fourth-order valence-corrected chi connectivity index (χ4v) is 2.25. The van der Waals surface area contributed by atoms with E-state index >= 15 is 0 Å². The Morgan fingerprint density at radius 1 is 1.00 bits per heavy atom. The highest BCUT2D eigenvalue weighted by atomic mass is 16.1. The number of fused-ring (bicyclic) bond motifs is 1. The van der Waals surface area contributed by atoms with Crippen LogP contribution >= 0.6 is 0 Å². The van der Waals surface area contributed by atoms with E-state index in [1.807, 2.05) is 37.3 Å². The summed E-state index contributed by atoms with van der Waals surface area (Å²) in [5.41, 5.74) is 5.49. The largest absolute Gasteiger partial charge is 0.356 e. The molecule has 0 saturated carbocycles. The van der Waals surface area contributed by atoms with Crippen LogP contribution in [-0.4, -0.2) is 14.5 Å². The molecule has 6 heteroatoms. The summed E-state index contributed by atoms with van der Waals surface area (Å²) in [6, 6.07) is 17.7. The predicted molar refractivity (Wildman–Crippen MR) is 90.3 cm³/mol. The van der Waals surface area contributed by atoms with Gasteiger partial charge < -0.3 is 0 Å². The van der Waals surface area contributed by atoms with E-state index in [0.717, 1.165) is 5.69 Å². The van der Waals surface area contributed by atoms with Crippen LogP contribution in [0.15, 0.2) is 59.4 Å². The summed E-state index contributed by atoms with van der Waals surface area (Å²) < 4.78 is 1.47. The van der Waals surface area contributed by atoms with Gasteiger partial charge >= 0.3 is 5.69 Å². The van der Waals surface area contributed by atoms with Gasteiger partial charge in [-0.15, -0.1) is 0 Å². The third-order valence-corrected chi connectivity index (χ3v) is 3.56. The summed E-state index contributed by atoms with van der Waals surface area (Å²) in [4.78, 5) is 19.8.